The van der Waals surface area contributed by atoms with Crippen molar-refractivity contribution in [2.75, 3.05) is 0 Å². The van der Waals surface area contributed by atoms with Crippen molar-refractivity contribution in [3.05, 3.63) is 308 Å². The number of hydrogen-bond donors (Lipinski definition) is 0. The quantitative estimate of drug-likeness (QED) is 0.0980. The van der Waals surface area contributed by atoms with Gasteiger partial charge in [0, 0.05) is 0 Å². The van der Waals surface area contributed by atoms with Gasteiger partial charge < -0.3 is 0 Å². The van der Waals surface area contributed by atoms with Crippen molar-refractivity contribution >= 4 is 99.5 Å². The zero-order valence-corrected chi connectivity index (χ0v) is 44.8. The molecule has 0 aromatic heterocycles. The Morgan fingerprint density at radius 1 is 0.292 bits per heavy atom. The van der Waals surface area contributed by atoms with Gasteiger partial charge in [0.15, 0.2) is 32.1 Å². The second-order valence-corrected chi connectivity index (χ2v) is 36.4. The molecule has 12 rings (SSSR count). The molecule has 11 aromatic carbocycles. The van der Waals surface area contributed by atoms with Gasteiger partial charge in [-0.25, -0.2) is 0 Å². The van der Waals surface area contributed by atoms with E-state index in [0.29, 0.717) is 0 Å². The first-order chi connectivity index (χ1) is 35.6. The molecule has 0 fully saturated rings. The zero-order chi connectivity index (χ0) is 48.5. The Morgan fingerprint density at radius 3 is 0.903 bits per heavy atom. The van der Waals surface area contributed by atoms with Crippen LogP contribution in [-0.4, -0.2) is 32.1 Å². The van der Waals surface area contributed by atoms with Crippen LogP contribution in [0, 0.1) is 13.8 Å². The molecule has 0 bridgehead atoms. The predicted molar refractivity (Wildman–Crippen MR) is 318 cm³/mol. The molecule has 1 radical (unpaired) electrons. The molecular formula is C68H55Si4. The first kappa shape index (κ1) is 45.4. The minimum atomic E-state index is -3.25. The van der Waals surface area contributed by atoms with E-state index in [1.165, 1.54) is 89.7 Å². The number of rotatable bonds is 11. The van der Waals surface area contributed by atoms with Crippen molar-refractivity contribution in [3.63, 3.8) is 0 Å². The lowest BCUT2D eigenvalue weighted by molar-refractivity contribution is 1.49. The SMILES string of the molecule is Cc1cc2c(cc1[Si](c1ccccc1)c1ccccc1)-c1cc([Si](c3ccccc3)(c3ccccc3)c3ccccc3)c(C)cc1[Si](c1ccccc1)(c1ccccc1)[Si]2(c1ccccc1)c1ccccc1. The van der Waals surface area contributed by atoms with Crippen molar-refractivity contribution in [3.8, 4) is 11.1 Å². The number of aryl methyl sites for hydroxylation is 2. The summed E-state index contributed by atoms with van der Waals surface area (Å²) in [5.41, 5.74) is 5.47. The second kappa shape index (κ2) is 19.1. The lowest BCUT2D eigenvalue weighted by Gasteiger charge is -2.54. The summed E-state index contributed by atoms with van der Waals surface area (Å²) in [6.45, 7) is 4.86. The number of benzene rings is 11. The van der Waals surface area contributed by atoms with Gasteiger partial charge >= 0.3 is 0 Å². The third-order valence-electron chi connectivity index (χ3n) is 15.6. The maximum Gasteiger partial charge on any atom is 0.179 e. The average molecular weight is 985 g/mol. The zero-order valence-electron chi connectivity index (χ0n) is 40.8. The van der Waals surface area contributed by atoms with Gasteiger partial charge in [-0.15, -0.1) is 0 Å². The van der Waals surface area contributed by atoms with Crippen LogP contribution in [0.2, 0.25) is 0 Å². The highest BCUT2D eigenvalue weighted by atomic mass is 29.3. The van der Waals surface area contributed by atoms with E-state index in [9.17, 15) is 0 Å². The molecule has 0 amide bonds. The molecule has 0 nitrogen and oxygen atoms in total. The van der Waals surface area contributed by atoms with E-state index < -0.39 is 32.1 Å². The molecule has 72 heavy (non-hydrogen) atoms. The van der Waals surface area contributed by atoms with Gasteiger partial charge in [-0.1, -0.05) is 339 Å². The Kier molecular flexibility index (Phi) is 12.1. The maximum absolute atomic E-state index is 3.25. The summed E-state index contributed by atoms with van der Waals surface area (Å²) in [6, 6.07) is 115. The highest BCUT2D eigenvalue weighted by Gasteiger charge is 2.65. The summed E-state index contributed by atoms with van der Waals surface area (Å²) in [5, 5.41) is 18.7. The van der Waals surface area contributed by atoms with Gasteiger partial charge in [0.25, 0.3) is 0 Å². The third-order valence-corrected chi connectivity index (χ3v) is 40.3. The van der Waals surface area contributed by atoms with E-state index in [-0.39, 0.29) is 0 Å². The van der Waals surface area contributed by atoms with Crippen LogP contribution in [0.1, 0.15) is 11.1 Å². The average Bonchev–Trinajstić information content (AvgIpc) is 3.46. The van der Waals surface area contributed by atoms with Crippen molar-refractivity contribution in [2.45, 2.75) is 13.8 Å². The van der Waals surface area contributed by atoms with Crippen molar-refractivity contribution in [2.24, 2.45) is 0 Å². The van der Waals surface area contributed by atoms with Gasteiger partial charge in [0.05, 0.1) is 0 Å². The normalized spacial score (nSPS) is 13.5. The molecule has 1 aliphatic heterocycles. The van der Waals surface area contributed by atoms with E-state index in [1.54, 1.807) is 0 Å². The molecule has 11 aromatic rings. The fraction of sp³-hybridized carbons (Fsp3) is 0.0294. The monoisotopic (exact) mass is 983 g/mol. The summed E-state index contributed by atoms with van der Waals surface area (Å²) < 4.78 is 0. The van der Waals surface area contributed by atoms with E-state index in [4.69, 9.17) is 0 Å². The molecule has 1 aliphatic rings. The van der Waals surface area contributed by atoms with Gasteiger partial charge in [0.1, 0.15) is 0 Å². The van der Waals surface area contributed by atoms with Crippen LogP contribution < -0.4 is 67.4 Å². The van der Waals surface area contributed by atoms with E-state index in [2.05, 4.69) is 311 Å². The Hall–Kier alpha value is -7.71. The fourth-order valence-electron chi connectivity index (χ4n) is 12.9. The Labute approximate surface area is 430 Å². The van der Waals surface area contributed by atoms with Gasteiger partial charge in [-0.05, 0) is 61.3 Å². The van der Waals surface area contributed by atoms with Gasteiger partial charge in [-0.3, -0.25) is 0 Å². The molecule has 0 N–H and O–H groups in total. The van der Waals surface area contributed by atoms with Crippen molar-refractivity contribution in [1.82, 2.24) is 0 Å². The standard InChI is InChI=1S/C68H55Si4/c1-52-48-67-63(50-65(52)69(54-30-12-3-13-31-54)55-32-14-4-15-33-55)64-51-66(70(56-34-16-5-17-35-56,57-36-18-6-19-37-57)58-38-20-7-21-39-58)53(2)49-68(64)72(61-44-26-10-27-45-61,62-46-28-11-29-47-62)71(67,59-40-22-8-23-41-59)60-42-24-9-25-43-60/h3-51H,1-2H3. The molecule has 0 aliphatic carbocycles. The van der Waals surface area contributed by atoms with E-state index in [1.807, 2.05) is 0 Å². The van der Waals surface area contributed by atoms with Crippen molar-refractivity contribution < 1.29 is 0 Å². The molecule has 0 saturated carbocycles. The van der Waals surface area contributed by atoms with Crippen LogP contribution in [0.4, 0.5) is 0 Å². The van der Waals surface area contributed by atoms with E-state index in [0.717, 1.165) is 0 Å². The lowest BCUT2D eigenvalue weighted by atomic mass is 10.0. The first-order valence-corrected chi connectivity index (χ1v) is 33.8. The number of hydrogen-bond acceptors (Lipinski definition) is 0. The molecule has 0 spiro atoms. The Morgan fingerprint density at radius 2 is 0.569 bits per heavy atom. The largest absolute Gasteiger partial charge is 0.179 e. The van der Waals surface area contributed by atoms with Crippen molar-refractivity contribution in [1.29, 1.82) is 0 Å². The summed E-state index contributed by atoms with van der Waals surface area (Å²) in [7, 11) is -11.0. The lowest BCUT2D eigenvalue weighted by Crippen LogP contribution is -2.95. The summed E-state index contributed by atoms with van der Waals surface area (Å²) in [5.74, 6) is 0. The van der Waals surface area contributed by atoms with Crippen LogP contribution in [0.5, 0.6) is 0 Å². The minimum absolute atomic E-state index is 1.35. The Bertz CT molecular complexity index is 3400. The number of fused-ring (bicyclic) bond motifs is 3. The molecule has 1 heterocycles. The Balaban J connectivity index is 1.33. The molecule has 0 unspecified atom stereocenters. The molecule has 0 saturated heterocycles. The first-order valence-electron chi connectivity index (χ1n) is 25.3. The molecule has 343 valence electrons. The smallest absolute Gasteiger partial charge is 0.0624 e. The highest BCUT2D eigenvalue weighted by molar-refractivity contribution is 7.68. The summed E-state index contributed by atoms with van der Waals surface area (Å²) in [6.07, 6.45) is 0. The van der Waals surface area contributed by atoms with Crippen LogP contribution in [0.3, 0.4) is 0 Å². The molecular weight excluding hydrogens is 929 g/mol. The van der Waals surface area contributed by atoms with Crippen LogP contribution in [-0.2, 0) is 0 Å². The second-order valence-electron chi connectivity index (χ2n) is 19.3. The van der Waals surface area contributed by atoms with Gasteiger partial charge in [-0.2, -0.15) is 0 Å². The fourth-order valence-corrected chi connectivity index (χ4v) is 40.8. The van der Waals surface area contributed by atoms with E-state index >= 15 is 0 Å². The van der Waals surface area contributed by atoms with Crippen LogP contribution in [0.15, 0.2) is 297 Å². The minimum Gasteiger partial charge on any atom is -0.0624 e. The topological polar surface area (TPSA) is 0 Å². The van der Waals surface area contributed by atoms with Crippen LogP contribution >= 0.6 is 0 Å². The third kappa shape index (κ3) is 7.12. The summed E-state index contributed by atoms with van der Waals surface area (Å²) >= 11 is 0. The summed E-state index contributed by atoms with van der Waals surface area (Å²) in [4.78, 5) is 0. The molecule has 0 atom stereocenters. The highest BCUT2D eigenvalue weighted by Crippen LogP contribution is 2.34. The van der Waals surface area contributed by atoms with Crippen LogP contribution in [0.25, 0.3) is 11.1 Å². The van der Waals surface area contributed by atoms with Gasteiger partial charge in [0.2, 0.25) is 0 Å². The predicted octanol–water partition coefficient (Wildman–Crippen LogP) is 6.90. The molecule has 4 heteroatoms. The maximum atomic E-state index is 2.75.